The van der Waals surface area contributed by atoms with Gasteiger partial charge in [0.25, 0.3) is 0 Å². The number of cyclic esters (lactones) is 1. The smallest absolute Gasteiger partial charge is 0.416 e. The number of hydrogen-bond donors (Lipinski definition) is 1. The van der Waals surface area contributed by atoms with Crippen molar-refractivity contribution in [1.29, 1.82) is 0 Å². The fourth-order valence-electron chi connectivity index (χ4n) is 5.72. The third kappa shape index (κ3) is 6.59. The maximum Gasteiger partial charge on any atom is 0.416 e. The zero-order valence-electron chi connectivity index (χ0n) is 22.6. The highest BCUT2D eigenvalue weighted by Gasteiger charge is 2.43. The number of amides is 1. The van der Waals surface area contributed by atoms with Crippen LogP contribution in [0.5, 0.6) is 0 Å². The van der Waals surface area contributed by atoms with Crippen molar-refractivity contribution in [2.75, 3.05) is 0 Å². The van der Waals surface area contributed by atoms with E-state index in [0.29, 0.717) is 30.5 Å². The molecule has 1 N–H and O–H groups in total. The van der Waals surface area contributed by atoms with Gasteiger partial charge >= 0.3 is 18.4 Å². The number of rotatable bonds is 5. The standard InChI is InChI=1S/C30H26ClF7N2O3/c1-15-27(18-10-19(29(33,34)35)13-20(11-18)30(36,37)38)43-28(42)40(15)14-25-22(7-9-26(31)39-25)23-12-17(4-8-24(23)32)16-2-5-21(41)6-3-16/h4,7-13,15-16,21,27,41H,2-3,5-6,14H2,1H3/t15-,16?,21?,27-/m0/s1. The van der Waals surface area contributed by atoms with E-state index in [1.807, 2.05) is 0 Å². The molecule has 43 heavy (non-hydrogen) atoms. The molecule has 1 aliphatic carbocycles. The van der Waals surface area contributed by atoms with Gasteiger partial charge in [0, 0.05) is 11.1 Å². The SMILES string of the molecule is C[C@H]1[C@@H](c2cc(C(F)(F)F)cc(C(F)(F)F)c2)OC(=O)N1Cc1nc(Cl)ccc1-c1cc(C2CCC(O)CC2)ccc1F. The van der Waals surface area contributed by atoms with E-state index in [2.05, 4.69) is 4.98 Å². The fraction of sp³-hybridized carbons (Fsp3) is 0.400. The summed E-state index contributed by atoms with van der Waals surface area (Å²) in [5.74, 6) is -0.460. The Hall–Kier alpha value is -3.38. The molecular weight excluding hydrogens is 605 g/mol. The van der Waals surface area contributed by atoms with Gasteiger partial charge in [-0.2, -0.15) is 26.3 Å². The molecule has 230 valence electrons. The van der Waals surface area contributed by atoms with Crippen LogP contribution in [0.4, 0.5) is 35.5 Å². The van der Waals surface area contributed by atoms with E-state index in [1.54, 1.807) is 12.1 Å². The quantitative estimate of drug-likeness (QED) is 0.226. The number of nitrogens with zero attached hydrogens (tertiary/aromatic N) is 2. The van der Waals surface area contributed by atoms with E-state index >= 15 is 4.39 Å². The first-order chi connectivity index (χ1) is 20.1. The summed E-state index contributed by atoms with van der Waals surface area (Å²) < 4.78 is 101. The predicted octanol–water partition coefficient (Wildman–Crippen LogP) is 8.68. The highest BCUT2D eigenvalue weighted by atomic mass is 35.5. The molecule has 1 amide bonds. The van der Waals surface area contributed by atoms with E-state index < -0.39 is 53.1 Å². The minimum absolute atomic E-state index is 0.00297. The van der Waals surface area contributed by atoms with E-state index in [4.69, 9.17) is 16.3 Å². The molecule has 0 unspecified atom stereocenters. The highest BCUT2D eigenvalue weighted by molar-refractivity contribution is 6.29. The average molecular weight is 631 g/mol. The van der Waals surface area contributed by atoms with Crippen LogP contribution in [-0.4, -0.2) is 33.2 Å². The second-order valence-corrected chi connectivity index (χ2v) is 11.3. The number of pyridine rings is 1. The van der Waals surface area contributed by atoms with Gasteiger partial charge in [-0.3, -0.25) is 4.90 Å². The molecule has 2 aliphatic rings. The van der Waals surface area contributed by atoms with Crippen molar-refractivity contribution in [2.24, 2.45) is 0 Å². The van der Waals surface area contributed by atoms with Gasteiger partial charge in [0.05, 0.1) is 35.5 Å². The number of alkyl halides is 6. The van der Waals surface area contributed by atoms with Gasteiger partial charge in [-0.15, -0.1) is 0 Å². The van der Waals surface area contributed by atoms with E-state index in [9.17, 15) is 36.2 Å². The van der Waals surface area contributed by atoms with Crippen molar-refractivity contribution in [3.8, 4) is 11.1 Å². The van der Waals surface area contributed by atoms with Gasteiger partial charge in [-0.25, -0.2) is 14.2 Å². The van der Waals surface area contributed by atoms with Crippen molar-refractivity contribution in [2.45, 2.75) is 75.7 Å². The lowest BCUT2D eigenvalue weighted by Gasteiger charge is -2.26. The summed E-state index contributed by atoms with van der Waals surface area (Å²) in [5, 5.41) is 9.89. The maximum absolute atomic E-state index is 15.2. The summed E-state index contributed by atoms with van der Waals surface area (Å²) in [6, 6.07) is 7.70. The summed E-state index contributed by atoms with van der Waals surface area (Å²) in [4.78, 5) is 18.3. The van der Waals surface area contributed by atoms with Gasteiger partial charge in [0.2, 0.25) is 0 Å². The molecule has 1 aliphatic heterocycles. The minimum Gasteiger partial charge on any atom is -0.439 e. The maximum atomic E-state index is 15.2. The fourth-order valence-corrected chi connectivity index (χ4v) is 5.88. The molecule has 5 rings (SSSR count). The molecule has 0 bridgehead atoms. The first kappa shape index (κ1) is 31.1. The molecule has 0 radical (unpaired) electrons. The van der Waals surface area contributed by atoms with Gasteiger partial charge in [0.15, 0.2) is 0 Å². The monoisotopic (exact) mass is 630 g/mol. The molecule has 2 fully saturated rings. The molecule has 1 saturated carbocycles. The molecule has 0 spiro atoms. The molecule has 2 aromatic carbocycles. The van der Waals surface area contributed by atoms with Crippen LogP contribution in [0.15, 0.2) is 48.5 Å². The summed E-state index contributed by atoms with van der Waals surface area (Å²) in [6.45, 7) is 1.11. The van der Waals surface area contributed by atoms with Gasteiger partial charge < -0.3 is 9.84 Å². The largest absolute Gasteiger partial charge is 0.439 e. The number of ether oxygens (including phenoxy) is 1. The third-order valence-corrected chi connectivity index (χ3v) is 8.25. The van der Waals surface area contributed by atoms with E-state index in [0.717, 1.165) is 23.3 Å². The number of halogens is 8. The molecule has 2 heterocycles. The number of carbonyl (C=O) groups excluding carboxylic acids is 1. The Balaban J connectivity index is 1.47. The van der Waals surface area contributed by atoms with E-state index in [1.165, 1.54) is 25.1 Å². The van der Waals surface area contributed by atoms with Crippen molar-refractivity contribution < 1.29 is 45.4 Å². The van der Waals surface area contributed by atoms with Crippen molar-refractivity contribution in [1.82, 2.24) is 9.88 Å². The Bertz CT molecular complexity index is 1490. The van der Waals surface area contributed by atoms with Crippen LogP contribution in [0.2, 0.25) is 5.15 Å². The van der Waals surface area contributed by atoms with Gasteiger partial charge in [0.1, 0.15) is 17.1 Å². The topological polar surface area (TPSA) is 62.7 Å². The average Bonchev–Trinajstić information content (AvgIpc) is 3.21. The van der Waals surface area contributed by atoms with Crippen molar-refractivity contribution >= 4 is 17.7 Å². The van der Waals surface area contributed by atoms with Crippen molar-refractivity contribution in [3.63, 3.8) is 0 Å². The third-order valence-electron chi connectivity index (χ3n) is 8.04. The highest BCUT2D eigenvalue weighted by Crippen LogP contribution is 2.42. The molecule has 13 heteroatoms. The van der Waals surface area contributed by atoms with E-state index in [-0.39, 0.29) is 41.0 Å². The molecule has 3 aromatic rings. The Morgan fingerprint density at radius 1 is 0.907 bits per heavy atom. The van der Waals surface area contributed by atoms with Crippen LogP contribution >= 0.6 is 11.6 Å². The molecule has 1 aromatic heterocycles. The number of aliphatic hydroxyl groups excluding tert-OH is 1. The number of carbonyl (C=O) groups is 1. The van der Waals surface area contributed by atoms with Gasteiger partial charge in [-0.05, 0) is 92.1 Å². The lowest BCUT2D eigenvalue weighted by Crippen LogP contribution is -2.32. The Morgan fingerprint density at radius 3 is 2.14 bits per heavy atom. The predicted molar refractivity (Wildman–Crippen MR) is 143 cm³/mol. The molecular formula is C30H26ClF7N2O3. The Kier molecular flexibility index (Phi) is 8.38. The van der Waals surface area contributed by atoms with Gasteiger partial charge in [-0.1, -0.05) is 17.7 Å². The second-order valence-electron chi connectivity index (χ2n) is 10.9. The number of aliphatic hydroxyl groups is 1. The zero-order chi connectivity index (χ0) is 31.3. The van der Waals surface area contributed by atoms with Crippen LogP contribution in [-0.2, 0) is 23.6 Å². The van der Waals surface area contributed by atoms with Crippen LogP contribution in [0.3, 0.4) is 0 Å². The first-order valence-electron chi connectivity index (χ1n) is 13.5. The summed E-state index contributed by atoms with van der Waals surface area (Å²) >= 11 is 6.14. The number of aromatic nitrogens is 1. The molecule has 1 saturated heterocycles. The summed E-state index contributed by atoms with van der Waals surface area (Å²) in [5.41, 5.74) is -2.01. The molecule has 2 atom stereocenters. The van der Waals surface area contributed by atoms with Crippen molar-refractivity contribution in [3.05, 3.63) is 87.4 Å². The Labute approximate surface area is 247 Å². The second kappa shape index (κ2) is 11.6. The van der Waals surface area contributed by atoms with Crippen LogP contribution < -0.4 is 0 Å². The lowest BCUT2D eigenvalue weighted by molar-refractivity contribution is -0.143. The molecule has 5 nitrogen and oxygen atoms in total. The first-order valence-corrected chi connectivity index (χ1v) is 13.9. The summed E-state index contributed by atoms with van der Waals surface area (Å²) in [7, 11) is 0. The Morgan fingerprint density at radius 2 is 1.53 bits per heavy atom. The van der Waals surface area contributed by atoms with Crippen LogP contribution in [0, 0.1) is 5.82 Å². The summed E-state index contributed by atoms with van der Waals surface area (Å²) in [6.07, 6.45) is -10.3. The number of hydrogen-bond acceptors (Lipinski definition) is 4. The lowest BCUT2D eigenvalue weighted by atomic mass is 9.82. The normalized spacial score (nSPS) is 23.0. The van der Waals surface area contributed by atoms with Crippen LogP contribution in [0.25, 0.3) is 11.1 Å². The zero-order valence-corrected chi connectivity index (χ0v) is 23.4. The minimum atomic E-state index is -5.07. The van der Waals surface area contributed by atoms with Crippen LogP contribution in [0.1, 0.15) is 72.6 Å². The number of benzene rings is 2.